The third-order valence-corrected chi connectivity index (χ3v) is 3.27. The third-order valence-electron chi connectivity index (χ3n) is 3.27. The van der Waals surface area contributed by atoms with Gasteiger partial charge in [0.25, 0.3) is 0 Å². The molecule has 0 fully saturated rings. The molecule has 2 rings (SSSR count). The Morgan fingerprint density at radius 3 is 2.47 bits per heavy atom. The van der Waals surface area contributed by atoms with E-state index in [9.17, 15) is 5.11 Å². The molecule has 0 heterocycles. The molecule has 100 valence electrons. The molecule has 19 heavy (non-hydrogen) atoms. The zero-order valence-corrected chi connectivity index (χ0v) is 11.7. The van der Waals surface area contributed by atoms with Gasteiger partial charge in [0.2, 0.25) is 0 Å². The van der Waals surface area contributed by atoms with Crippen molar-refractivity contribution in [3.8, 4) is 11.5 Å². The van der Waals surface area contributed by atoms with Gasteiger partial charge in [0.05, 0.1) is 7.11 Å². The lowest BCUT2D eigenvalue weighted by Gasteiger charge is -2.09. The van der Waals surface area contributed by atoms with Crippen LogP contribution in [0, 0.1) is 0 Å². The van der Waals surface area contributed by atoms with E-state index in [1.165, 1.54) is 11.1 Å². The van der Waals surface area contributed by atoms with Gasteiger partial charge in [-0.3, -0.25) is 0 Å². The molecule has 0 unspecified atom stereocenters. The Kier molecular flexibility index (Phi) is 4.10. The third kappa shape index (κ3) is 3.28. The monoisotopic (exact) mass is 256 g/mol. The smallest absolute Gasteiger partial charge is 0.160 e. The Hall–Kier alpha value is -1.96. The van der Waals surface area contributed by atoms with Crippen LogP contribution in [0.25, 0.3) is 0 Å². The van der Waals surface area contributed by atoms with Crippen LogP contribution in [-0.2, 0) is 6.42 Å². The van der Waals surface area contributed by atoms with Crippen molar-refractivity contribution in [3.63, 3.8) is 0 Å². The fourth-order valence-electron chi connectivity index (χ4n) is 2.13. The molecule has 2 aromatic carbocycles. The molecule has 0 aliphatic heterocycles. The quantitative estimate of drug-likeness (QED) is 0.891. The normalized spacial score (nSPS) is 10.7. The molecular weight excluding hydrogens is 236 g/mol. The Morgan fingerprint density at radius 2 is 1.79 bits per heavy atom. The van der Waals surface area contributed by atoms with E-state index in [-0.39, 0.29) is 5.75 Å². The highest BCUT2D eigenvalue weighted by Crippen LogP contribution is 2.27. The molecule has 0 aliphatic carbocycles. The molecular formula is C17H20O2. The van der Waals surface area contributed by atoms with Gasteiger partial charge in [0.15, 0.2) is 11.5 Å². The van der Waals surface area contributed by atoms with Crippen molar-refractivity contribution in [2.24, 2.45) is 0 Å². The molecule has 0 radical (unpaired) electrons. The standard InChI is InChI=1S/C17H20O2/c1-12(2)15-6-4-5-13(10-15)9-14-7-8-16(18)17(11-14)19-3/h4-8,10-12,18H,9H2,1-3H3. The molecule has 0 atom stereocenters. The minimum Gasteiger partial charge on any atom is -0.504 e. The van der Waals surface area contributed by atoms with E-state index in [0.717, 1.165) is 12.0 Å². The summed E-state index contributed by atoms with van der Waals surface area (Å²) in [6.45, 7) is 4.39. The maximum absolute atomic E-state index is 9.59. The molecule has 2 heteroatoms. The van der Waals surface area contributed by atoms with Crippen molar-refractivity contribution in [1.29, 1.82) is 0 Å². The first-order chi connectivity index (χ1) is 9.10. The Bertz CT molecular complexity index is 559. The van der Waals surface area contributed by atoms with E-state index in [2.05, 4.69) is 38.1 Å². The Labute approximate surface area is 114 Å². The fraction of sp³-hybridized carbons (Fsp3) is 0.294. The summed E-state index contributed by atoms with van der Waals surface area (Å²) in [4.78, 5) is 0. The highest BCUT2D eigenvalue weighted by molar-refractivity contribution is 5.43. The average molecular weight is 256 g/mol. The van der Waals surface area contributed by atoms with Crippen LogP contribution >= 0.6 is 0 Å². The Balaban J connectivity index is 2.23. The van der Waals surface area contributed by atoms with Gasteiger partial charge in [-0.05, 0) is 41.2 Å². The molecule has 0 aliphatic rings. The van der Waals surface area contributed by atoms with Crippen molar-refractivity contribution in [3.05, 3.63) is 59.2 Å². The van der Waals surface area contributed by atoms with E-state index in [1.807, 2.05) is 12.1 Å². The molecule has 2 nitrogen and oxygen atoms in total. The van der Waals surface area contributed by atoms with Gasteiger partial charge in [-0.2, -0.15) is 0 Å². The second kappa shape index (κ2) is 5.79. The van der Waals surface area contributed by atoms with Crippen LogP contribution in [0.2, 0.25) is 0 Å². The summed E-state index contributed by atoms with van der Waals surface area (Å²) in [5, 5.41) is 9.59. The van der Waals surface area contributed by atoms with Crippen LogP contribution in [0.3, 0.4) is 0 Å². The first-order valence-electron chi connectivity index (χ1n) is 6.55. The number of rotatable bonds is 4. The van der Waals surface area contributed by atoms with Crippen LogP contribution in [0.15, 0.2) is 42.5 Å². The first kappa shape index (κ1) is 13.5. The number of hydrogen-bond donors (Lipinski definition) is 1. The van der Waals surface area contributed by atoms with E-state index in [4.69, 9.17) is 4.74 Å². The van der Waals surface area contributed by atoms with Crippen LogP contribution in [-0.4, -0.2) is 12.2 Å². The number of methoxy groups -OCH3 is 1. The van der Waals surface area contributed by atoms with Crippen LogP contribution in [0.5, 0.6) is 11.5 Å². The number of hydrogen-bond acceptors (Lipinski definition) is 2. The van der Waals surface area contributed by atoms with Gasteiger partial charge in [0, 0.05) is 0 Å². The van der Waals surface area contributed by atoms with E-state index in [1.54, 1.807) is 13.2 Å². The number of phenolic OH excluding ortho intramolecular Hbond substituents is 1. The minimum absolute atomic E-state index is 0.183. The molecule has 0 saturated carbocycles. The van der Waals surface area contributed by atoms with Gasteiger partial charge >= 0.3 is 0 Å². The summed E-state index contributed by atoms with van der Waals surface area (Å²) in [5.41, 5.74) is 3.76. The zero-order chi connectivity index (χ0) is 13.8. The number of phenols is 1. The largest absolute Gasteiger partial charge is 0.504 e. The Morgan fingerprint density at radius 1 is 1.05 bits per heavy atom. The molecule has 0 aromatic heterocycles. The molecule has 0 amide bonds. The molecule has 1 N–H and O–H groups in total. The van der Waals surface area contributed by atoms with Gasteiger partial charge in [0.1, 0.15) is 0 Å². The second-order valence-electron chi connectivity index (χ2n) is 5.08. The molecule has 0 bridgehead atoms. The summed E-state index contributed by atoms with van der Waals surface area (Å²) < 4.78 is 5.14. The van der Waals surface area contributed by atoms with Gasteiger partial charge in [-0.15, -0.1) is 0 Å². The fourth-order valence-corrected chi connectivity index (χ4v) is 2.13. The highest BCUT2D eigenvalue weighted by Gasteiger charge is 2.05. The van der Waals surface area contributed by atoms with Crippen molar-refractivity contribution in [2.75, 3.05) is 7.11 Å². The summed E-state index contributed by atoms with van der Waals surface area (Å²) in [6, 6.07) is 14.1. The number of aromatic hydroxyl groups is 1. The molecule has 0 spiro atoms. The lowest BCUT2D eigenvalue weighted by Crippen LogP contribution is -1.93. The topological polar surface area (TPSA) is 29.5 Å². The average Bonchev–Trinajstić information content (AvgIpc) is 2.41. The van der Waals surface area contributed by atoms with Crippen LogP contribution < -0.4 is 4.74 Å². The van der Waals surface area contributed by atoms with Crippen LogP contribution in [0.4, 0.5) is 0 Å². The van der Waals surface area contributed by atoms with Gasteiger partial charge in [-0.1, -0.05) is 44.2 Å². The van der Waals surface area contributed by atoms with Crippen molar-refractivity contribution >= 4 is 0 Å². The van der Waals surface area contributed by atoms with Crippen molar-refractivity contribution in [1.82, 2.24) is 0 Å². The van der Waals surface area contributed by atoms with E-state index >= 15 is 0 Å². The van der Waals surface area contributed by atoms with E-state index in [0.29, 0.717) is 11.7 Å². The maximum atomic E-state index is 9.59. The lowest BCUT2D eigenvalue weighted by molar-refractivity contribution is 0.373. The molecule has 2 aromatic rings. The SMILES string of the molecule is COc1cc(Cc2cccc(C(C)C)c2)ccc1O. The van der Waals surface area contributed by atoms with Crippen molar-refractivity contribution < 1.29 is 9.84 Å². The highest BCUT2D eigenvalue weighted by atomic mass is 16.5. The van der Waals surface area contributed by atoms with Crippen molar-refractivity contribution in [2.45, 2.75) is 26.2 Å². The molecule has 0 saturated heterocycles. The number of benzene rings is 2. The van der Waals surface area contributed by atoms with Gasteiger partial charge in [-0.25, -0.2) is 0 Å². The summed E-state index contributed by atoms with van der Waals surface area (Å²) >= 11 is 0. The van der Waals surface area contributed by atoms with Crippen LogP contribution in [0.1, 0.15) is 36.5 Å². The van der Waals surface area contributed by atoms with Gasteiger partial charge < -0.3 is 9.84 Å². The lowest BCUT2D eigenvalue weighted by atomic mass is 9.97. The first-order valence-corrected chi connectivity index (χ1v) is 6.55. The minimum atomic E-state index is 0.183. The number of ether oxygens (including phenoxy) is 1. The maximum Gasteiger partial charge on any atom is 0.160 e. The summed E-state index contributed by atoms with van der Waals surface area (Å²) in [5.74, 6) is 1.24. The zero-order valence-electron chi connectivity index (χ0n) is 11.7. The second-order valence-corrected chi connectivity index (χ2v) is 5.08. The predicted octanol–water partition coefficient (Wildman–Crippen LogP) is 4.12. The summed E-state index contributed by atoms with van der Waals surface area (Å²) in [6.07, 6.45) is 0.844. The van der Waals surface area contributed by atoms with E-state index < -0.39 is 0 Å². The summed E-state index contributed by atoms with van der Waals surface area (Å²) in [7, 11) is 1.57. The predicted molar refractivity (Wildman–Crippen MR) is 78.0 cm³/mol.